The number of aromatic carboxylic acids is 1. The van der Waals surface area contributed by atoms with Gasteiger partial charge in [-0.1, -0.05) is 12.2 Å². The van der Waals surface area contributed by atoms with Crippen molar-refractivity contribution in [3.63, 3.8) is 0 Å². The number of aromatic amines is 1. The van der Waals surface area contributed by atoms with Gasteiger partial charge in [0.05, 0.1) is 5.56 Å². The number of carboxylic acids is 1. The number of carboxylic acid groups (broad SMARTS) is 1. The molecule has 0 aliphatic rings. The Bertz CT molecular complexity index is 343. The van der Waals surface area contributed by atoms with E-state index in [1.54, 1.807) is 13.0 Å². The smallest absolute Gasteiger partial charge is 0.337 e. The maximum absolute atomic E-state index is 10.4. The van der Waals surface area contributed by atoms with Crippen LogP contribution in [0.4, 0.5) is 0 Å². The Labute approximate surface area is 68.7 Å². The van der Waals surface area contributed by atoms with Crippen LogP contribution in [0.3, 0.4) is 0 Å². The maximum Gasteiger partial charge on any atom is 0.337 e. The molecule has 58 valence electrons. The number of H-pyrrole nitrogens is 1. The van der Waals surface area contributed by atoms with Crippen LogP contribution in [-0.4, -0.2) is 16.1 Å². The number of pyridine rings is 1. The summed E-state index contributed by atoms with van der Waals surface area (Å²) in [6.45, 7) is 1.77. The van der Waals surface area contributed by atoms with Crippen LogP contribution in [0.25, 0.3) is 0 Å². The first kappa shape index (κ1) is 7.94. The molecule has 1 aromatic heterocycles. The first-order valence-corrected chi connectivity index (χ1v) is 3.44. The van der Waals surface area contributed by atoms with E-state index in [0.717, 1.165) is 5.56 Å². The van der Waals surface area contributed by atoms with Gasteiger partial charge in [-0.3, -0.25) is 0 Å². The fourth-order valence-electron chi connectivity index (χ4n) is 0.721. The van der Waals surface area contributed by atoms with Gasteiger partial charge >= 0.3 is 5.97 Å². The standard InChI is InChI=1S/C7H7NO2S/c1-4-2-5(7(9)10)3-8-6(4)11/h2-3H,1H3,(H,8,11)(H,9,10). The summed E-state index contributed by atoms with van der Waals surface area (Å²) in [4.78, 5) is 13.1. The molecule has 0 saturated carbocycles. The summed E-state index contributed by atoms with van der Waals surface area (Å²) in [5, 5.41) is 8.55. The molecule has 0 spiro atoms. The molecule has 1 rings (SSSR count). The predicted molar refractivity (Wildman–Crippen MR) is 43.3 cm³/mol. The van der Waals surface area contributed by atoms with Crippen molar-refractivity contribution in [2.24, 2.45) is 0 Å². The van der Waals surface area contributed by atoms with Crippen molar-refractivity contribution in [2.45, 2.75) is 6.92 Å². The third-order valence-corrected chi connectivity index (χ3v) is 1.78. The van der Waals surface area contributed by atoms with Crippen molar-refractivity contribution in [3.05, 3.63) is 28.0 Å². The fraction of sp³-hybridized carbons (Fsp3) is 0.143. The summed E-state index contributed by atoms with van der Waals surface area (Å²) < 4.78 is 0.579. The highest BCUT2D eigenvalue weighted by Gasteiger charge is 2.01. The average Bonchev–Trinajstić information content (AvgIpc) is 1.94. The first-order valence-electron chi connectivity index (χ1n) is 3.04. The number of nitrogens with one attached hydrogen (secondary N) is 1. The van der Waals surface area contributed by atoms with Gasteiger partial charge in [0.1, 0.15) is 4.64 Å². The van der Waals surface area contributed by atoms with E-state index in [9.17, 15) is 4.79 Å². The molecule has 0 atom stereocenters. The van der Waals surface area contributed by atoms with Crippen LogP contribution >= 0.6 is 12.2 Å². The van der Waals surface area contributed by atoms with Crippen LogP contribution in [-0.2, 0) is 0 Å². The quantitative estimate of drug-likeness (QED) is 0.630. The fourth-order valence-corrected chi connectivity index (χ4v) is 0.839. The molecule has 1 aromatic rings. The summed E-state index contributed by atoms with van der Waals surface area (Å²) in [6, 6.07) is 1.54. The van der Waals surface area contributed by atoms with Crippen LogP contribution in [0, 0.1) is 11.6 Å². The largest absolute Gasteiger partial charge is 0.478 e. The van der Waals surface area contributed by atoms with E-state index in [-0.39, 0.29) is 5.56 Å². The molecule has 11 heavy (non-hydrogen) atoms. The van der Waals surface area contributed by atoms with E-state index < -0.39 is 5.97 Å². The van der Waals surface area contributed by atoms with E-state index in [1.807, 2.05) is 0 Å². The van der Waals surface area contributed by atoms with Gasteiger partial charge in [0, 0.05) is 6.20 Å². The minimum atomic E-state index is -0.945. The van der Waals surface area contributed by atoms with Gasteiger partial charge in [0.2, 0.25) is 0 Å². The van der Waals surface area contributed by atoms with Crippen molar-refractivity contribution in [2.75, 3.05) is 0 Å². The van der Waals surface area contributed by atoms with Crippen molar-refractivity contribution < 1.29 is 9.90 Å². The van der Waals surface area contributed by atoms with Crippen LogP contribution < -0.4 is 0 Å². The highest BCUT2D eigenvalue weighted by Crippen LogP contribution is 2.02. The molecule has 3 nitrogen and oxygen atoms in total. The van der Waals surface area contributed by atoms with E-state index in [2.05, 4.69) is 4.98 Å². The lowest BCUT2D eigenvalue weighted by Gasteiger charge is -1.95. The van der Waals surface area contributed by atoms with E-state index >= 15 is 0 Å². The molecule has 0 aromatic carbocycles. The van der Waals surface area contributed by atoms with Gasteiger partial charge in [-0.2, -0.15) is 0 Å². The van der Waals surface area contributed by atoms with Gasteiger partial charge in [-0.05, 0) is 18.6 Å². The molecular formula is C7H7NO2S. The zero-order valence-corrected chi connectivity index (χ0v) is 6.73. The Hall–Kier alpha value is -1.16. The molecule has 0 saturated heterocycles. The van der Waals surface area contributed by atoms with E-state index in [0.29, 0.717) is 4.64 Å². The molecule has 4 heteroatoms. The molecule has 0 aliphatic carbocycles. The van der Waals surface area contributed by atoms with Crippen LogP contribution in [0.5, 0.6) is 0 Å². The minimum Gasteiger partial charge on any atom is -0.478 e. The van der Waals surface area contributed by atoms with E-state index in [4.69, 9.17) is 17.3 Å². The maximum atomic E-state index is 10.4. The lowest BCUT2D eigenvalue weighted by molar-refractivity contribution is 0.0696. The topological polar surface area (TPSA) is 53.1 Å². The Morgan fingerprint density at radius 2 is 2.36 bits per heavy atom. The summed E-state index contributed by atoms with van der Waals surface area (Å²) in [7, 11) is 0. The van der Waals surface area contributed by atoms with Crippen molar-refractivity contribution >= 4 is 18.2 Å². The zero-order chi connectivity index (χ0) is 8.43. The van der Waals surface area contributed by atoms with Gasteiger partial charge < -0.3 is 10.1 Å². The monoisotopic (exact) mass is 169 g/mol. The second kappa shape index (κ2) is 2.84. The lowest BCUT2D eigenvalue weighted by Crippen LogP contribution is -1.97. The summed E-state index contributed by atoms with van der Waals surface area (Å²) in [5.74, 6) is -0.945. The van der Waals surface area contributed by atoms with E-state index in [1.165, 1.54) is 6.20 Å². The minimum absolute atomic E-state index is 0.233. The molecule has 0 unspecified atom stereocenters. The normalized spacial score (nSPS) is 9.55. The second-order valence-electron chi connectivity index (χ2n) is 2.21. The number of aryl methyl sites for hydroxylation is 1. The Balaban J connectivity index is 3.26. The average molecular weight is 169 g/mol. The second-order valence-corrected chi connectivity index (χ2v) is 2.61. The number of aromatic nitrogens is 1. The number of carbonyl (C=O) groups is 1. The molecule has 1 heterocycles. The van der Waals surface area contributed by atoms with Crippen LogP contribution in [0.15, 0.2) is 12.3 Å². The van der Waals surface area contributed by atoms with Crippen LogP contribution in [0.2, 0.25) is 0 Å². The molecular weight excluding hydrogens is 162 g/mol. The van der Waals surface area contributed by atoms with Crippen LogP contribution in [0.1, 0.15) is 15.9 Å². The summed E-state index contributed by atoms with van der Waals surface area (Å²) in [6.07, 6.45) is 1.39. The third kappa shape index (κ3) is 1.65. The number of hydrogen-bond donors (Lipinski definition) is 2. The lowest BCUT2D eigenvalue weighted by atomic mass is 10.2. The summed E-state index contributed by atoms with van der Waals surface area (Å²) >= 11 is 4.85. The highest BCUT2D eigenvalue weighted by molar-refractivity contribution is 7.71. The van der Waals surface area contributed by atoms with Crippen molar-refractivity contribution in [1.29, 1.82) is 0 Å². The molecule has 0 bridgehead atoms. The molecule has 2 N–H and O–H groups in total. The van der Waals surface area contributed by atoms with Gasteiger partial charge in [0.15, 0.2) is 0 Å². The number of hydrogen-bond acceptors (Lipinski definition) is 2. The van der Waals surface area contributed by atoms with Crippen molar-refractivity contribution in [3.8, 4) is 0 Å². The van der Waals surface area contributed by atoms with Gasteiger partial charge in [-0.15, -0.1) is 0 Å². The first-order chi connectivity index (χ1) is 5.11. The molecule has 0 fully saturated rings. The van der Waals surface area contributed by atoms with Crippen molar-refractivity contribution in [1.82, 2.24) is 4.98 Å². The highest BCUT2D eigenvalue weighted by atomic mass is 32.1. The zero-order valence-electron chi connectivity index (χ0n) is 5.92. The molecule has 0 amide bonds. The molecule has 0 aliphatic heterocycles. The Kier molecular flexibility index (Phi) is 2.05. The molecule has 0 radical (unpaired) electrons. The third-order valence-electron chi connectivity index (χ3n) is 1.34. The Morgan fingerprint density at radius 1 is 1.73 bits per heavy atom. The SMILES string of the molecule is Cc1cc(C(=O)O)c[nH]c1=S. The number of rotatable bonds is 1. The predicted octanol–water partition coefficient (Wildman–Crippen LogP) is 1.75. The van der Waals surface area contributed by atoms with Gasteiger partial charge in [-0.25, -0.2) is 4.79 Å². The van der Waals surface area contributed by atoms with Gasteiger partial charge in [0.25, 0.3) is 0 Å². The Morgan fingerprint density at radius 3 is 2.82 bits per heavy atom. The summed E-state index contributed by atoms with van der Waals surface area (Å²) in [5.41, 5.74) is 1.01.